The van der Waals surface area contributed by atoms with E-state index in [0.29, 0.717) is 35.4 Å². The maximum atomic E-state index is 12.0. The fourth-order valence-electron chi connectivity index (χ4n) is 5.72. The molecular weight excluding hydrogens is 571 g/mol. The molecule has 1 heterocycles. The minimum absolute atomic E-state index is 0.0140. The van der Waals surface area contributed by atoms with Crippen LogP contribution < -0.4 is 16.0 Å². The summed E-state index contributed by atoms with van der Waals surface area (Å²) >= 11 is 2.52. The van der Waals surface area contributed by atoms with Crippen molar-refractivity contribution in [3.8, 4) is 0 Å². The van der Waals surface area contributed by atoms with Crippen LogP contribution in [-0.2, 0) is 4.74 Å². The number of carbonyl (C=O) groups excluding carboxylic acids is 2. The predicted octanol–water partition coefficient (Wildman–Crippen LogP) is 3.48. The normalized spacial score (nSPS) is 32.6. The van der Waals surface area contributed by atoms with Crippen LogP contribution in [0.15, 0.2) is 60.7 Å². The summed E-state index contributed by atoms with van der Waals surface area (Å²) in [5.41, 5.74) is 1.41. The zero-order valence-corrected chi connectivity index (χ0v) is 26.3. The fourth-order valence-corrected chi connectivity index (χ4v) is 8.01. The highest BCUT2D eigenvalue weighted by molar-refractivity contribution is 8.15. The molecule has 2 aromatic rings. The molecule has 1 saturated heterocycles. The minimum Gasteiger partial charge on any atom is -0.392 e. The highest BCUT2D eigenvalue weighted by Gasteiger charge is 2.47. The van der Waals surface area contributed by atoms with E-state index in [0.717, 1.165) is 31.7 Å². The van der Waals surface area contributed by atoms with Crippen molar-refractivity contribution in [1.82, 2.24) is 16.0 Å². The number of aliphatic hydroxyl groups excluding tert-OH is 2. The Balaban J connectivity index is 0.000000153. The van der Waals surface area contributed by atoms with E-state index < -0.39 is 0 Å². The molecule has 0 amide bonds. The van der Waals surface area contributed by atoms with Crippen molar-refractivity contribution >= 4 is 33.8 Å². The number of hydrogen-bond donors (Lipinski definition) is 5. The molecule has 2 aromatic carbocycles. The van der Waals surface area contributed by atoms with Crippen LogP contribution in [0.5, 0.6) is 0 Å². The maximum absolute atomic E-state index is 12.0. The lowest BCUT2D eigenvalue weighted by Gasteiger charge is -2.12. The summed E-state index contributed by atoms with van der Waals surface area (Å²) in [6.45, 7) is 0. The van der Waals surface area contributed by atoms with Gasteiger partial charge in [-0.25, -0.2) is 0 Å². The van der Waals surface area contributed by atoms with Crippen molar-refractivity contribution in [3.63, 3.8) is 0 Å². The van der Waals surface area contributed by atoms with Crippen LogP contribution in [0.1, 0.15) is 59.2 Å². The van der Waals surface area contributed by atoms with E-state index in [1.165, 1.54) is 36.4 Å². The van der Waals surface area contributed by atoms with Gasteiger partial charge in [0.2, 0.25) is 10.2 Å². The van der Waals surface area contributed by atoms with Gasteiger partial charge >= 0.3 is 0 Å². The third-order valence-electron chi connectivity index (χ3n) is 8.43. The van der Waals surface area contributed by atoms with E-state index in [1.807, 2.05) is 81.8 Å². The Morgan fingerprint density at radius 1 is 0.619 bits per heavy atom. The number of nitrogens with one attached hydrogen (secondary N) is 3. The molecule has 5 N–H and O–H groups in total. The summed E-state index contributed by atoms with van der Waals surface area (Å²) in [5, 5.41) is 29.4. The van der Waals surface area contributed by atoms with Crippen LogP contribution in [0, 0.1) is 0 Å². The molecule has 8 nitrogen and oxygen atoms in total. The van der Waals surface area contributed by atoms with Gasteiger partial charge in [0, 0.05) is 39.8 Å². The smallest absolute Gasteiger partial charge is 0.219 e. The van der Waals surface area contributed by atoms with Gasteiger partial charge in [0.15, 0.2) is 0 Å². The molecule has 4 aliphatic rings. The first kappa shape index (κ1) is 33.1. The zero-order chi connectivity index (χ0) is 30.1. The minimum atomic E-state index is -0.384. The highest BCUT2D eigenvalue weighted by Crippen LogP contribution is 2.38. The second kappa shape index (κ2) is 16.4. The third kappa shape index (κ3) is 9.62. The van der Waals surface area contributed by atoms with Crippen LogP contribution >= 0.6 is 23.5 Å². The first-order chi connectivity index (χ1) is 20.3. The maximum Gasteiger partial charge on any atom is 0.219 e. The first-order valence-corrected chi connectivity index (χ1v) is 16.6. The molecule has 3 aliphatic carbocycles. The number of aliphatic hydroxyl groups is 2. The Bertz CT molecular complexity index is 1040. The Kier molecular flexibility index (Phi) is 12.9. The van der Waals surface area contributed by atoms with Gasteiger partial charge in [-0.2, -0.15) is 0 Å². The van der Waals surface area contributed by atoms with Crippen molar-refractivity contribution in [3.05, 3.63) is 71.8 Å². The molecule has 0 aromatic heterocycles. The number of thioether (sulfide) groups is 2. The van der Waals surface area contributed by atoms with Gasteiger partial charge in [0.1, 0.15) is 0 Å². The molecule has 10 heteroatoms. The number of fused-ring (bicyclic) bond motifs is 1. The lowest BCUT2D eigenvalue weighted by Crippen LogP contribution is -2.23. The van der Waals surface area contributed by atoms with Crippen LogP contribution in [0.2, 0.25) is 0 Å². The van der Waals surface area contributed by atoms with Crippen LogP contribution in [-0.4, -0.2) is 94.6 Å². The summed E-state index contributed by atoms with van der Waals surface area (Å²) in [5.74, 6) is 0. The molecule has 3 saturated carbocycles. The van der Waals surface area contributed by atoms with Crippen LogP contribution in [0.25, 0.3) is 0 Å². The zero-order valence-electron chi connectivity index (χ0n) is 24.6. The summed E-state index contributed by atoms with van der Waals surface area (Å²) in [7, 11) is 5.81. The summed E-state index contributed by atoms with van der Waals surface area (Å²) in [6, 6.07) is 19.9. The first-order valence-electron chi connectivity index (χ1n) is 14.9. The Morgan fingerprint density at radius 3 is 1.29 bits per heavy atom. The van der Waals surface area contributed by atoms with Gasteiger partial charge in [0.25, 0.3) is 0 Å². The van der Waals surface area contributed by atoms with Crippen molar-refractivity contribution in [2.24, 2.45) is 0 Å². The van der Waals surface area contributed by atoms with E-state index in [1.54, 1.807) is 0 Å². The lowest BCUT2D eigenvalue weighted by atomic mass is 10.2. The van der Waals surface area contributed by atoms with Gasteiger partial charge in [-0.05, 0) is 59.7 Å². The van der Waals surface area contributed by atoms with Crippen molar-refractivity contribution in [2.75, 3.05) is 21.1 Å². The standard InChI is InChI=1S/2C13H17NO2S.C6H11NO/c2*1-14-10-7-11(15)12(8-10)17-13(16)9-5-3-2-4-6-9;1-7-4-2-5-6(3-4)8-5/h2*2-6,10-12,14-15H,7-8H2,1H3;4-7H,2-3H2,1H3/t2*10-,11+,12+;4?,5-,6+/m10./s1. The molecule has 4 fully saturated rings. The fraction of sp³-hybridized carbons (Fsp3) is 0.562. The molecular formula is C32H45N3O5S2. The van der Waals surface area contributed by atoms with Gasteiger partial charge in [-0.15, -0.1) is 0 Å². The highest BCUT2D eigenvalue weighted by atomic mass is 32.2. The molecule has 230 valence electrons. The van der Waals surface area contributed by atoms with Crippen LogP contribution in [0.3, 0.4) is 0 Å². The SMILES string of the molecule is CNC1C[C@@H]2O[C@@H]2C1.CN[C@H]1C[C@@H](O)[C@H](SC(=O)c2ccccc2)C1.CN[C@H]1C[C@H](SC(=O)c2ccccc2)[C@@H](O)C1. The molecule has 0 radical (unpaired) electrons. The van der Waals surface area contributed by atoms with E-state index in [4.69, 9.17) is 4.74 Å². The summed E-state index contributed by atoms with van der Waals surface area (Å²) in [4.78, 5) is 23.9. The van der Waals surface area contributed by atoms with E-state index in [-0.39, 0.29) is 32.9 Å². The number of carbonyl (C=O) groups is 2. The largest absolute Gasteiger partial charge is 0.392 e. The second-order valence-electron chi connectivity index (χ2n) is 11.3. The number of epoxide rings is 1. The van der Waals surface area contributed by atoms with Crippen molar-refractivity contribution in [2.45, 2.75) is 91.6 Å². The topological polar surface area (TPSA) is 123 Å². The molecule has 0 spiro atoms. The Hall–Kier alpha value is -1.76. The summed E-state index contributed by atoms with van der Waals surface area (Å²) in [6.07, 6.45) is 6.13. The van der Waals surface area contributed by atoms with Gasteiger partial charge in [-0.3, -0.25) is 9.59 Å². The lowest BCUT2D eigenvalue weighted by molar-refractivity contribution is 0.107. The van der Waals surface area contributed by atoms with Gasteiger partial charge < -0.3 is 30.9 Å². The monoisotopic (exact) mass is 615 g/mol. The van der Waals surface area contributed by atoms with E-state index in [9.17, 15) is 19.8 Å². The number of rotatable bonds is 7. The third-order valence-corrected chi connectivity index (χ3v) is 10.9. The molecule has 9 atom stereocenters. The summed E-state index contributed by atoms with van der Waals surface area (Å²) < 4.78 is 5.24. The van der Waals surface area contributed by atoms with E-state index >= 15 is 0 Å². The van der Waals surface area contributed by atoms with E-state index in [2.05, 4.69) is 16.0 Å². The molecule has 6 rings (SSSR count). The van der Waals surface area contributed by atoms with Crippen molar-refractivity contribution in [1.29, 1.82) is 0 Å². The molecule has 0 bridgehead atoms. The quantitative estimate of drug-likeness (QED) is 0.296. The molecule has 42 heavy (non-hydrogen) atoms. The Labute approximate surface area is 258 Å². The average molecular weight is 616 g/mol. The molecule has 1 unspecified atom stereocenters. The number of ether oxygens (including phenoxy) is 1. The van der Waals surface area contributed by atoms with Gasteiger partial charge in [0.05, 0.1) is 24.4 Å². The average Bonchev–Trinajstić information content (AvgIpc) is 3.29. The van der Waals surface area contributed by atoms with Gasteiger partial charge in [-0.1, -0.05) is 84.2 Å². The van der Waals surface area contributed by atoms with Crippen LogP contribution in [0.4, 0.5) is 0 Å². The molecule has 1 aliphatic heterocycles. The Morgan fingerprint density at radius 2 is 0.976 bits per heavy atom. The number of benzene rings is 2. The predicted molar refractivity (Wildman–Crippen MR) is 171 cm³/mol. The van der Waals surface area contributed by atoms with Crippen molar-refractivity contribution < 1.29 is 24.5 Å². The second-order valence-corrected chi connectivity index (χ2v) is 13.8. The number of hydrogen-bond acceptors (Lipinski definition) is 10.